The Kier molecular flexibility index (Phi) is 3.99. The molecule has 0 atom stereocenters. The van der Waals surface area contributed by atoms with Gasteiger partial charge >= 0.3 is 0 Å². The molecular formula is C19H20N4O3. The molecule has 7 nitrogen and oxygen atoms in total. The summed E-state index contributed by atoms with van der Waals surface area (Å²) < 4.78 is 12.4. The van der Waals surface area contributed by atoms with E-state index in [0.29, 0.717) is 18.7 Å². The van der Waals surface area contributed by atoms with E-state index in [1.54, 1.807) is 4.68 Å². The van der Waals surface area contributed by atoms with E-state index in [4.69, 9.17) is 9.47 Å². The zero-order chi connectivity index (χ0) is 18.3. The molecule has 0 spiro atoms. The molecule has 0 fully saturated rings. The molecule has 1 aliphatic rings. The summed E-state index contributed by atoms with van der Waals surface area (Å²) in [5.74, 6) is 1.96. The second-order valence-corrected chi connectivity index (χ2v) is 6.49. The van der Waals surface area contributed by atoms with E-state index in [1.807, 2.05) is 45.2 Å². The van der Waals surface area contributed by atoms with E-state index in [1.165, 1.54) is 0 Å². The van der Waals surface area contributed by atoms with Crippen LogP contribution in [-0.4, -0.2) is 27.5 Å². The van der Waals surface area contributed by atoms with Gasteiger partial charge in [0.2, 0.25) is 12.7 Å². The number of aryl methyl sites for hydroxylation is 4. The van der Waals surface area contributed by atoms with Crippen LogP contribution in [0.25, 0.3) is 11.0 Å². The van der Waals surface area contributed by atoms with E-state index >= 15 is 0 Å². The van der Waals surface area contributed by atoms with Crippen molar-refractivity contribution in [1.29, 1.82) is 0 Å². The maximum atomic E-state index is 12.4. The Morgan fingerprint density at radius 3 is 2.88 bits per heavy atom. The first-order chi connectivity index (χ1) is 12.5. The fourth-order valence-electron chi connectivity index (χ4n) is 3.23. The SMILES string of the molecule is Cc1cc(C)c2c(NC(=O)CCc3ccc4c(c3)OCO4)nn(C)c2n1. The van der Waals surface area contributed by atoms with Gasteiger partial charge in [-0.05, 0) is 49.6 Å². The van der Waals surface area contributed by atoms with Gasteiger partial charge < -0.3 is 14.8 Å². The monoisotopic (exact) mass is 352 g/mol. The van der Waals surface area contributed by atoms with Crippen LogP contribution in [0.2, 0.25) is 0 Å². The van der Waals surface area contributed by atoms with Gasteiger partial charge in [0.1, 0.15) is 0 Å². The van der Waals surface area contributed by atoms with Gasteiger partial charge in [0.15, 0.2) is 23.0 Å². The molecule has 7 heteroatoms. The maximum Gasteiger partial charge on any atom is 0.231 e. The van der Waals surface area contributed by atoms with Gasteiger partial charge in [-0.3, -0.25) is 4.79 Å². The number of fused-ring (bicyclic) bond motifs is 2. The van der Waals surface area contributed by atoms with E-state index in [9.17, 15) is 4.79 Å². The van der Waals surface area contributed by atoms with E-state index in [0.717, 1.165) is 39.4 Å². The average molecular weight is 352 g/mol. The molecule has 0 saturated heterocycles. The van der Waals surface area contributed by atoms with Gasteiger partial charge in [-0.2, -0.15) is 5.10 Å². The van der Waals surface area contributed by atoms with Gasteiger partial charge in [-0.1, -0.05) is 6.07 Å². The molecule has 1 aromatic carbocycles. The summed E-state index contributed by atoms with van der Waals surface area (Å²) in [7, 11) is 1.83. The van der Waals surface area contributed by atoms with Crippen molar-refractivity contribution in [3.63, 3.8) is 0 Å². The Morgan fingerprint density at radius 2 is 2.04 bits per heavy atom. The third kappa shape index (κ3) is 2.96. The first-order valence-corrected chi connectivity index (χ1v) is 8.50. The molecule has 2 aromatic heterocycles. The van der Waals surface area contributed by atoms with Crippen molar-refractivity contribution in [3.8, 4) is 11.5 Å². The summed E-state index contributed by atoms with van der Waals surface area (Å²) in [6.07, 6.45) is 0.972. The number of hydrogen-bond donors (Lipinski definition) is 1. The highest BCUT2D eigenvalue weighted by Crippen LogP contribution is 2.33. The number of aromatic nitrogens is 3. The van der Waals surface area contributed by atoms with Crippen molar-refractivity contribution in [2.45, 2.75) is 26.7 Å². The Balaban J connectivity index is 1.48. The molecule has 0 radical (unpaired) electrons. The quantitative estimate of drug-likeness (QED) is 0.781. The number of carbonyl (C=O) groups is 1. The lowest BCUT2D eigenvalue weighted by atomic mass is 10.1. The molecule has 26 heavy (non-hydrogen) atoms. The number of amides is 1. The number of nitrogens with one attached hydrogen (secondary N) is 1. The lowest BCUT2D eigenvalue weighted by molar-refractivity contribution is -0.116. The Hall–Kier alpha value is -3.09. The van der Waals surface area contributed by atoms with Crippen LogP contribution in [0, 0.1) is 13.8 Å². The standard InChI is InChI=1S/C19H20N4O3/c1-11-8-12(2)20-19-17(11)18(22-23(19)3)21-16(24)7-5-13-4-6-14-15(9-13)26-10-25-14/h4,6,8-9H,5,7,10H2,1-3H3,(H,21,22,24). The van der Waals surface area contributed by atoms with Crippen molar-refractivity contribution in [2.75, 3.05) is 12.1 Å². The predicted molar refractivity (Wildman–Crippen MR) is 97.5 cm³/mol. The molecule has 0 aliphatic carbocycles. The highest BCUT2D eigenvalue weighted by Gasteiger charge is 2.16. The molecule has 0 saturated carbocycles. The number of nitrogens with zero attached hydrogens (tertiary/aromatic N) is 3. The van der Waals surface area contributed by atoms with Crippen LogP contribution in [0.15, 0.2) is 24.3 Å². The number of pyridine rings is 1. The van der Waals surface area contributed by atoms with Gasteiger partial charge in [-0.25, -0.2) is 9.67 Å². The molecule has 134 valence electrons. The molecule has 3 heterocycles. The molecule has 1 aliphatic heterocycles. The largest absolute Gasteiger partial charge is 0.454 e. The minimum atomic E-state index is -0.0809. The van der Waals surface area contributed by atoms with Crippen LogP contribution >= 0.6 is 0 Å². The Morgan fingerprint density at radius 1 is 1.23 bits per heavy atom. The number of rotatable bonds is 4. The van der Waals surface area contributed by atoms with Crippen molar-refractivity contribution in [3.05, 3.63) is 41.1 Å². The fraction of sp³-hybridized carbons (Fsp3) is 0.316. The number of carbonyl (C=O) groups excluding carboxylic acids is 1. The third-order valence-electron chi connectivity index (χ3n) is 4.45. The highest BCUT2D eigenvalue weighted by molar-refractivity contribution is 6.00. The summed E-state index contributed by atoms with van der Waals surface area (Å²) in [4.78, 5) is 16.9. The molecule has 3 aromatic rings. The van der Waals surface area contributed by atoms with Crippen molar-refractivity contribution >= 4 is 22.8 Å². The second kappa shape index (κ2) is 6.33. The first kappa shape index (κ1) is 16.4. The number of ether oxygens (including phenoxy) is 2. The van der Waals surface area contributed by atoms with E-state index in [2.05, 4.69) is 15.4 Å². The Bertz CT molecular complexity index is 1010. The average Bonchev–Trinajstić information content (AvgIpc) is 3.17. The second-order valence-electron chi connectivity index (χ2n) is 6.49. The molecule has 0 bridgehead atoms. The molecule has 0 unspecified atom stereocenters. The van der Waals surface area contributed by atoms with Gasteiger partial charge in [0.25, 0.3) is 0 Å². The van der Waals surface area contributed by atoms with Gasteiger partial charge in [0, 0.05) is 19.2 Å². The topological polar surface area (TPSA) is 78.3 Å². The molecule has 1 N–H and O–H groups in total. The van der Waals surface area contributed by atoms with E-state index in [-0.39, 0.29) is 12.7 Å². The number of hydrogen-bond acceptors (Lipinski definition) is 5. The van der Waals surface area contributed by atoms with Crippen molar-refractivity contribution < 1.29 is 14.3 Å². The predicted octanol–water partition coefficient (Wildman–Crippen LogP) is 2.89. The van der Waals surface area contributed by atoms with Crippen molar-refractivity contribution in [1.82, 2.24) is 14.8 Å². The summed E-state index contributed by atoms with van der Waals surface area (Å²) in [5.41, 5.74) is 3.78. The minimum Gasteiger partial charge on any atom is -0.454 e. The van der Waals surface area contributed by atoms with E-state index < -0.39 is 0 Å². The lowest BCUT2D eigenvalue weighted by Crippen LogP contribution is -2.13. The maximum absolute atomic E-state index is 12.4. The first-order valence-electron chi connectivity index (χ1n) is 8.50. The summed E-state index contributed by atoms with van der Waals surface area (Å²) in [6, 6.07) is 7.74. The smallest absolute Gasteiger partial charge is 0.231 e. The zero-order valence-corrected chi connectivity index (χ0v) is 15.0. The van der Waals surface area contributed by atoms with Crippen molar-refractivity contribution in [2.24, 2.45) is 7.05 Å². The number of benzene rings is 1. The molecular weight excluding hydrogens is 332 g/mol. The van der Waals surface area contributed by atoms with Crippen LogP contribution < -0.4 is 14.8 Å². The van der Waals surface area contributed by atoms with Crippen LogP contribution in [0.5, 0.6) is 11.5 Å². The summed E-state index contributed by atoms with van der Waals surface area (Å²) >= 11 is 0. The van der Waals surface area contributed by atoms with Crippen LogP contribution in [0.1, 0.15) is 23.2 Å². The molecule has 1 amide bonds. The van der Waals surface area contributed by atoms with Crippen LogP contribution in [-0.2, 0) is 18.3 Å². The van der Waals surface area contributed by atoms with Crippen LogP contribution in [0.3, 0.4) is 0 Å². The highest BCUT2D eigenvalue weighted by atomic mass is 16.7. The van der Waals surface area contributed by atoms with Gasteiger partial charge in [-0.15, -0.1) is 0 Å². The van der Waals surface area contributed by atoms with Crippen LogP contribution in [0.4, 0.5) is 5.82 Å². The zero-order valence-electron chi connectivity index (χ0n) is 15.0. The fourth-order valence-corrected chi connectivity index (χ4v) is 3.23. The Labute approximate surface area is 150 Å². The van der Waals surface area contributed by atoms with Gasteiger partial charge in [0.05, 0.1) is 5.39 Å². The summed E-state index contributed by atoms with van der Waals surface area (Å²) in [6.45, 7) is 4.20. The summed E-state index contributed by atoms with van der Waals surface area (Å²) in [5, 5.41) is 8.23. The molecule has 4 rings (SSSR count). The lowest BCUT2D eigenvalue weighted by Gasteiger charge is -2.05. The normalized spacial score (nSPS) is 12.6. The number of anilines is 1. The third-order valence-corrected chi connectivity index (χ3v) is 4.45. The minimum absolute atomic E-state index is 0.0809.